The van der Waals surface area contributed by atoms with Crippen LogP contribution in [0.25, 0.3) is 22.2 Å². The van der Waals surface area contributed by atoms with Gasteiger partial charge in [0.1, 0.15) is 42.4 Å². The summed E-state index contributed by atoms with van der Waals surface area (Å²) in [7, 11) is -10.2. The highest BCUT2D eigenvalue weighted by Gasteiger charge is 2.54. The maximum Gasteiger partial charge on any atom is 0.472 e. The highest BCUT2D eigenvalue weighted by molar-refractivity contribution is 7.47. The van der Waals surface area contributed by atoms with Gasteiger partial charge in [0.05, 0.1) is 40.6 Å². The van der Waals surface area contributed by atoms with Crippen molar-refractivity contribution in [3.63, 3.8) is 0 Å². The number of fused-ring (bicyclic) bond motifs is 4. The molecule has 18 nitrogen and oxygen atoms in total. The number of nitrogen functional groups attached to an aromatic ring is 1. The fraction of sp³-hybridized carbons (Fsp3) is 0.455. The number of aromatic nitrogens is 6. The van der Waals surface area contributed by atoms with Crippen molar-refractivity contribution in [2.45, 2.75) is 49.1 Å². The normalized spacial score (nSPS) is 37.2. The van der Waals surface area contributed by atoms with Gasteiger partial charge in [0.2, 0.25) is 5.28 Å². The molecule has 10 unspecified atom stereocenters. The van der Waals surface area contributed by atoms with Crippen LogP contribution in [0, 0.1) is 0 Å². The van der Waals surface area contributed by atoms with Crippen molar-refractivity contribution >= 4 is 78.5 Å². The van der Waals surface area contributed by atoms with E-state index in [0.29, 0.717) is 0 Å². The Morgan fingerprint density at radius 3 is 2.28 bits per heavy atom. The summed E-state index contributed by atoms with van der Waals surface area (Å²) in [4.78, 5) is 37.3. The third-order valence-corrected chi connectivity index (χ3v) is 10.5. The van der Waals surface area contributed by atoms with Crippen molar-refractivity contribution in [1.82, 2.24) is 29.1 Å². The summed E-state index contributed by atoms with van der Waals surface area (Å²) >= 11 is 18.6. The third kappa shape index (κ3) is 5.71. The number of hydrogen-bond acceptors (Lipinski definition) is 14. The summed E-state index contributed by atoms with van der Waals surface area (Å²) in [5.74, 6) is 0.00347. The molecule has 1 aromatic carbocycles. The first-order chi connectivity index (χ1) is 21.7. The van der Waals surface area contributed by atoms with Gasteiger partial charge >= 0.3 is 15.6 Å². The fourth-order valence-corrected chi connectivity index (χ4v) is 7.95. The Balaban J connectivity index is 1.18. The van der Waals surface area contributed by atoms with Gasteiger partial charge in [-0.3, -0.25) is 27.2 Å². The Hall–Kier alpha value is -2.06. The Kier molecular flexibility index (Phi) is 8.35. The van der Waals surface area contributed by atoms with E-state index < -0.39 is 78.0 Å². The molecule has 3 aliphatic rings. The first-order valence-corrected chi connectivity index (χ1v) is 17.3. The standard InChI is InChI=1S/C22H21Cl3FN7O11P2/c23-7-1-9-10(2-8(7)24)33(22(25)31-9)21-15(34)17-12(42-21)4-40-45(35,36)43-16-11(3-39-46(37,38)44-17)41-20(13(16)26)32-6-30-14-18(27)28-5-29-19(14)32/h1-2,5-6,11-13,15-17,20-21,34H,3-4H2,(H,35,36)(H,37,38)(H2,27,28,29). The quantitative estimate of drug-likeness (QED) is 0.216. The molecule has 0 bridgehead atoms. The monoisotopic (exact) mass is 745 g/mol. The third-order valence-electron chi connectivity index (χ3n) is 7.49. The number of benzene rings is 1. The number of phosphoric ester groups is 2. The minimum absolute atomic E-state index is 0.00347. The van der Waals surface area contributed by atoms with Gasteiger partial charge in [-0.2, -0.15) is 0 Å². The van der Waals surface area contributed by atoms with Gasteiger partial charge in [-0.05, 0) is 23.7 Å². The number of aliphatic hydroxyl groups is 1. The average Bonchev–Trinajstić information content (AvgIpc) is 3.71. The summed E-state index contributed by atoms with van der Waals surface area (Å²) in [6, 6.07) is 2.82. The molecule has 3 fully saturated rings. The molecule has 0 aliphatic carbocycles. The lowest BCUT2D eigenvalue weighted by molar-refractivity contribution is -0.0662. The summed E-state index contributed by atoms with van der Waals surface area (Å²) in [6.45, 7) is -1.74. The van der Waals surface area contributed by atoms with Crippen molar-refractivity contribution < 1.29 is 56.0 Å². The molecule has 0 radical (unpaired) electrons. The average molecular weight is 747 g/mol. The van der Waals surface area contributed by atoms with Gasteiger partial charge in [-0.15, -0.1) is 0 Å². The van der Waals surface area contributed by atoms with E-state index in [2.05, 4.69) is 19.9 Å². The number of nitrogens with two attached hydrogens (primary N) is 1. The number of rotatable bonds is 2. The number of nitrogens with zero attached hydrogens (tertiary/aromatic N) is 6. The minimum atomic E-state index is -5.12. The number of alkyl halides is 1. The van der Waals surface area contributed by atoms with E-state index in [0.717, 1.165) is 17.2 Å². The second-order valence-electron chi connectivity index (χ2n) is 10.3. The highest BCUT2D eigenvalue weighted by atomic mass is 35.5. The maximum absolute atomic E-state index is 15.9. The van der Waals surface area contributed by atoms with E-state index in [-0.39, 0.29) is 43.3 Å². The largest absolute Gasteiger partial charge is 0.472 e. The lowest BCUT2D eigenvalue weighted by Gasteiger charge is -2.27. The molecule has 0 spiro atoms. The smallest absolute Gasteiger partial charge is 0.386 e. The molecule has 5 N–H and O–H groups in total. The predicted octanol–water partition coefficient (Wildman–Crippen LogP) is 2.93. The number of imidazole rings is 2. The zero-order valence-electron chi connectivity index (χ0n) is 22.6. The number of anilines is 1. The highest BCUT2D eigenvalue weighted by Crippen LogP contribution is 2.54. The van der Waals surface area contributed by atoms with Gasteiger partial charge in [0.25, 0.3) is 0 Å². The Bertz CT molecular complexity index is 1940. The van der Waals surface area contributed by atoms with Gasteiger partial charge < -0.3 is 30.1 Å². The van der Waals surface area contributed by atoms with Crippen LogP contribution in [-0.2, 0) is 36.7 Å². The predicted molar refractivity (Wildman–Crippen MR) is 155 cm³/mol. The van der Waals surface area contributed by atoms with Crippen LogP contribution in [0.15, 0.2) is 24.8 Å². The molecular weight excluding hydrogens is 726 g/mol. The lowest BCUT2D eigenvalue weighted by atomic mass is 10.1. The first kappa shape index (κ1) is 32.5. The summed E-state index contributed by atoms with van der Waals surface area (Å²) < 4.78 is 76.7. The van der Waals surface area contributed by atoms with E-state index in [4.69, 9.17) is 68.1 Å². The van der Waals surface area contributed by atoms with E-state index >= 15 is 4.39 Å². The van der Waals surface area contributed by atoms with Crippen molar-refractivity contribution in [1.29, 1.82) is 0 Å². The van der Waals surface area contributed by atoms with Crippen molar-refractivity contribution in [2.24, 2.45) is 0 Å². The molecule has 24 heteroatoms. The molecule has 0 amide bonds. The van der Waals surface area contributed by atoms with Gasteiger partial charge in [-0.1, -0.05) is 23.2 Å². The summed E-state index contributed by atoms with van der Waals surface area (Å²) in [6.07, 6.45) is -11.3. The zero-order chi connectivity index (χ0) is 32.7. The molecular formula is C22H21Cl3FN7O11P2. The molecule has 0 saturated carbocycles. The van der Waals surface area contributed by atoms with Gasteiger partial charge in [-0.25, -0.2) is 33.5 Å². The Morgan fingerprint density at radius 1 is 0.935 bits per heavy atom. The molecule has 4 aromatic rings. The topological polar surface area (TPSA) is 238 Å². The van der Waals surface area contributed by atoms with Gasteiger partial charge in [0.15, 0.2) is 30.1 Å². The zero-order valence-corrected chi connectivity index (χ0v) is 26.7. The van der Waals surface area contributed by atoms with Crippen molar-refractivity contribution in [2.75, 3.05) is 18.9 Å². The van der Waals surface area contributed by atoms with Crippen LogP contribution in [0.4, 0.5) is 10.2 Å². The van der Waals surface area contributed by atoms with Crippen molar-refractivity contribution in [3.8, 4) is 0 Å². The van der Waals surface area contributed by atoms with Crippen LogP contribution in [0.2, 0.25) is 15.3 Å². The minimum Gasteiger partial charge on any atom is -0.386 e. The van der Waals surface area contributed by atoms with Crippen LogP contribution in [0.1, 0.15) is 12.5 Å². The van der Waals surface area contributed by atoms with Gasteiger partial charge in [0, 0.05) is 0 Å². The maximum atomic E-state index is 15.9. The molecule has 3 saturated heterocycles. The van der Waals surface area contributed by atoms with Crippen LogP contribution in [-0.4, -0.2) is 93.9 Å². The SMILES string of the molecule is Nc1ncnc2c1ncn2C1OC2COP(=O)(O)OC3C(COP(=O)(O)OC2C1F)OC(n1c(Cl)nc2cc(Cl)c(Cl)cc21)C3O. The van der Waals surface area contributed by atoms with E-state index in [1.54, 1.807) is 0 Å². The fourth-order valence-electron chi connectivity index (χ4n) is 5.44. The van der Waals surface area contributed by atoms with Crippen LogP contribution < -0.4 is 5.73 Å². The second-order valence-corrected chi connectivity index (χ2v) is 14.3. The van der Waals surface area contributed by atoms with Crippen molar-refractivity contribution in [3.05, 3.63) is 40.1 Å². The molecule has 248 valence electrons. The molecule has 46 heavy (non-hydrogen) atoms. The number of phosphoric acid groups is 2. The van der Waals surface area contributed by atoms with E-state index in [1.807, 2.05) is 0 Å². The molecule has 7 rings (SSSR count). The number of halogens is 4. The van der Waals surface area contributed by atoms with E-state index in [9.17, 15) is 24.0 Å². The molecule has 3 aromatic heterocycles. The van der Waals surface area contributed by atoms with Crippen LogP contribution in [0.5, 0.6) is 0 Å². The second kappa shape index (κ2) is 11.8. The number of ether oxygens (including phenoxy) is 2. The Morgan fingerprint density at radius 2 is 1.57 bits per heavy atom. The lowest BCUT2D eigenvalue weighted by Crippen LogP contribution is -2.38. The molecule has 10 atom stereocenters. The number of hydrogen-bond donors (Lipinski definition) is 4. The number of aliphatic hydroxyl groups excluding tert-OH is 1. The van der Waals surface area contributed by atoms with E-state index in [1.165, 1.54) is 16.7 Å². The Labute approximate surface area is 271 Å². The van der Waals surface area contributed by atoms with Crippen LogP contribution >= 0.6 is 50.4 Å². The summed E-state index contributed by atoms with van der Waals surface area (Å²) in [5, 5.41) is 11.3. The first-order valence-electron chi connectivity index (χ1n) is 13.1. The van der Waals surface area contributed by atoms with Crippen LogP contribution in [0.3, 0.4) is 0 Å². The summed E-state index contributed by atoms with van der Waals surface area (Å²) in [5.41, 5.74) is 6.54. The molecule has 6 heterocycles. The molecule has 3 aliphatic heterocycles.